The van der Waals surface area contributed by atoms with Crippen LogP contribution in [0.5, 0.6) is 0 Å². The Bertz CT molecular complexity index is 678. The van der Waals surface area contributed by atoms with Gasteiger partial charge in [-0.25, -0.2) is 9.59 Å². The summed E-state index contributed by atoms with van der Waals surface area (Å²) in [5.74, 6) is 0. The maximum Gasteiger partial charge on any atom is 0.414 e. The monoisotopic (exact) mass is 376 g/mol. The average molecular weight is 376 g/mol. The van der Waals surface area contributed by atoms with E-state index in [2.05, 4.69) is 4.90 Å². The van der Waals surface area contributed by atoms with E-state index < -0.39 is 5.60 Å². The van der Waals surface area contributed by atoms with Crippen molar-refractivity contribution in [3.63, 3.8) is 0 Å². The van der Waals surface area contributed by atoms with Crippen LogP contribution >= 0.6 is 0 Å². The number of nitrogens with zero attached hydrogens (tertiary/aromatic N) is 3. The molecule has 2 amide bonds. The SMILES string of the molecule is CC(C)(C)OC(=O)N1CCN(c2ccc(N3CC(CN)OC3=O)cc2)CC1. The highest BCUT2D eigenvalue weighted by atomic mass is 16.6. The number of amides is 2. The van der Waals surface area contributed by atoms with Crippen molar-refractivity contribution in [3.8, 4) is 0 Å². The summed E-state index contributed by atoms with van der Waals surface area (Å²) in [6, 6.07) is 7.80. The lowest BCUT2D eigenvalue weighted by molar-refractivity contribution is 0.0240. The van der Waals surface area contributed by atoms with E-state index in [9.17, 15) is 9.59 Å². The van der Waals surface area contributed by atoms with Crippen molar-refractivity contribution in [3.05, 3.63) is 24.3 Å². The van der Waals surface area contributed by atoms with Gasteiger partial charge < -0.3 is 25.0 Å². The Morgan fingerprint density at radius 2 is 1.74 bits per heavy atom. The Kier molecular flexibility index (Phi) is 5.46. The van der Waals surface area contributed by atoms with Gasteiger partial charge in [0.1, 0.15) is 11.7 Å². The molecule has 27 heavy (non-hydrogen) atoms. The molecular weight excluding hydrogens is 348 g/mol. The number of hydrogen-bond acceptors (Lipinski definition) is 6. The molecule has 0 bridgehead atoms. The van der Waals surface area contributed by atoms with Gasteiger partial charge in [0.15, 0.2) is 0 Å². The molecule has 3 rings (SSSR count). The number of benzene rings is 1. The number of nitrogens with two attached hydrogens (primary N) is 1. The molecule has 0 radical (unpaired) electrons. The van der Waals surface area contributed by atoms with Crippen LogP contribution in [0.4, 0.5) is 21.0 Å². The zero-order chi connectivity index (χ0) is 19.6. The number of anilines is 2. The number of cyclic esters (lactones) is 1. The molecule has 0 aliphatic carbocycles. The predicted octanol–water partition coefficient (Wildman–Crippen LogP) is 2.03. The summed E-state index contributed by atoms with van der Waals surface area (Å²) < 4.78 is 10.6. The van der Waals surface area contributed by atoms with E-state index in [1.54, 1.807) is 9.80 Å². The second-order valence-electron chi connectivity index (χ2n) is 7.82. The maximum atomic E-state index is 12.2. The van der Waals surface area contributed by atoms with Crippen molar-refractivity contribution in [2.45, 2.75) is 32.5 Å². The lowest BCUT2D eigenvalue weighted by Gasteiger charge is -2.36. The van der Waals surface area contributed by atoms with Crippen molar-refractivity contribution in [1.82, 2.24) is 4.90 Å². The van der Waals surface area contributed by atoms with E-state index in [-0.39, 0.29) is 18.3 Å². The molecule has 2 aliphatic heterocycles. The first-order valence-corrected chi connectivity index (χ1v) is 9.28. The third-order valence-corrected chi connectivity index (χ3v) is 4.59. The number of hydrogen-bond donors (Lipinski definition) is 1. The van der Waals surface area contributed by atoms with Crippen LogP contribution in [-0.2, 0) is 9.47 Å². The van der Waals surface area contributed by atoms with E-state index in [1.807, 2.05) is 45.0 Å². The summed E-state index contributed by atoms with van der Waals surface area (Å²) in [4.78, 5) is 29.6. The third-order valence-electron chi connectivity index (χ3n) is 4.59. The molecule has 8 nitrogen and oxygen atoms in total. The maximum absolute atomic E-state index is 12.2. The van der Waals surface area contributed by atoms with E-state index in [4.69, 9.17) is 15.2 Å². The quantitative estimate of drug-likeness (QED) is 0.868. The second kappa shape index (κ2) is 7.64. The van der Waals surface area contributed by atoms with Crippen molar-refractivity contribution < 1.29 is 19.1 Å². The van der Waals surface area contributed by atoms with E-state index in [0.717, 1.165) is 24.5 Å². The summed E-state index contributed by atoms with van der Waals surface area (Å²) in [5, 5.41) is 0. The second-order valence-corrected chi connectivity index (χ2v) is 7.82. The van der Waals surface area contributed by atoms with Gasteiger partial charge in [-0.2, -0.15) is 0 Å². The average Bonchev–Trinajstić information content (AvgIpc) is 3.01. The number of carbonyl (C=O) groups is 2. The van der Waals surface area contributed by atoms with Gasteiger partial charge in [-0.15, -0.1) is 0 Å². The first-order chi connectivity index (χ1) is 12.8. The normalized spacial score (nSPS) is 20.7. The van der Waals surface area contributed by atoms with Crippen LogP contribution < -0.4 is 15.5 Å². The van der Waals surface area contributed by atoms with Gasteiger partial charge in [-0.3, -0.25) is 4.90 Å². The Balaban J connectivity index is 1.56. The number of piperazine rings is 1. The first-order valence-electron chi connectivity index (χ1n) is 9.28. The smallest absolute Gasteiger partial charge is 0.414 e. The minimum atomic E-state index is -0.482. The molecule has 0 spiro atoms. The van der Waals surface area contributed by atoms with Crippen LogP contribution in [0.2, 0.25) is 0 Å². The zero-order valence-electron chi connectivity index (χ0n) is 16.2. The molecule has 2 saturated heterocycles. The molecule has 8 heteroatoms. The Hall–Kier alpha value is -2.48. The van der Waals surface area contributed by atoms with Crippen LogP contribution in [0.1, 0.15) is 20.8 Å². The highest BCUT2D eigenvalue weighted by Crippen LogP contribution is 2.25. The molecule has 2 fully saturated rings. The van der Waals surface area contributed by atoms with Crippen LogP contribution in [0.3, 0.4) is 0 Å². The van der Waals surface area contributed by atoms with Gasteiger partial charge in [0.25, 0.3) is 0 Å². The molecule has 2 N–H and O–H groups in total. The fourth-order valence-electron chi connectivity index (χ4n) is 3.17. The third kappa shape index (κ3) is 4.63. The number of carbonyl (C=O) groups excluding carboxylic acids is 2. The summed E-state index contributed by atoms with van der Waals surface area (Å²) in [7, 11) is 0. The summed E-state index contributed by atoms with van der Waals surface area (Å²) in [5.41, 5.74) is 6.95. The Labute approximate surface area is 159 Å². The standard InChI is InChI=1S/C19H28N4O4/c1-19(2,3)27-17(24)22-10-8-21(9-11-22)14-4-6-15(7-5-14)23-13-16(12-20)26-18(23)25/h4-7,16H,8-13,20H2,1-3H3. The van der Waals surface area contributed by atoms with Crippen LogP contribution in [0.25, 0.3) is 0 Å². The van der Waals surface area contributed by atoms with E-state index >= 15 is 0 Å². The van der Waals surface area contributed by atoms with Crippen LogP contribution in [0, 0.1) is 0 Å². The summed E-state index contributed by atoms with van der Waals surface area (Å²) in [6.45, 7) is 9.11. The van der Waals surface area contributed by atoms with Gasteiger partial charge in [-0.1, -0.05) is 0 Å². The lowest BCUT2D eigenvalue weighted by Crippen LogP contribution is -2.50. The molecule has 1 atom stereocenters. The van der Waals surface area contributed by atoms with Gasteiger partial charge in [0.2, 0.25) is 0 Å². The molecule has 148 valence electrons. The minimum absolute atomic E-state index is 0.252. The van der Waals surface area contributed by atoms with E-state index in [1.165, 1.54) is 0 Å². The van der Waals surface area contributed by atoms with E-state index in [0.29, 0.717) is 26.2 Å². The molecule has 0 aromatic heterocycles. The minimum Gasteiger partial charge on any atom is -0.444 e. The molecule has 2 heterocycles. The topological polar surface area (TPSA) is 88.3 Å². The first kappa shape index (κ1) is 19.3. The molecule has 0 saturated carbocycles. The predicted molar refractivity (Wildman–Crippen MR) is 103 cm³/mol. The van der Waals surface area contributed by atoms with Gasteiger partial charge in [0.05, 0.1) is 6.54 Å². The number of ether oxygens (including phenoxy) is 2. The van der Waals surface area contributed by atoms with Crippen molar-refractivity contribution in [2.24, 2.45) is 5.73 Å². The van der Waals surface area contributed by atoms with Crippen molar-refractivity contribution >= 4 is 23.6 Å². The Morgan fingerprint density at radius 3 is 2.26 bits per heavy atom. The summed E-state index contributed by atoms with van der Waals surface area (Å²) in [6.07, 6.45) is -0.873. The van der Waals surface area contributed by atoms with Gasteiger partial charge in [0, 0.05) is 44.1 Å². The molecular formula is C19H28N4O4. The number of rotatable bonds is 3. The van der Waals surface area contributed by atoms with Gasteiger partial charge in [-0.05, 0) is 45.0 Å². The van der Waals surface area contributed by atoms with Crippen LogP contribution in [-0.4, -0.2) is 68.1 Å². The van der Waals surface area contributed by atoms with Crippen molar-refractivity contribution in [1.29, 1.82) is 0 Å². The van der Waals surface area contributed by atoms with Crippen LogP contribution in [0.15, 0.2) is 24.3 Å². The highest BCUT2D eigenvalue weighted by Gasteiger charge is 2.31. The molecule has 1 unspecified atom stereocenters. The van der Waals surface area contributed by atoms with Crippen molar-refractivity contribution in [2.75, 3.05) is 49.1 Å². The highest BCUT2D eigenvalue weighted by molar-refractivity contribution is 5.90. The largest absolute Gasteiger partial charge is 0.444 e. The van der Waals surface area contributed by atoms with Gasteiger partial charge >= 0.3 is 12.2 Å². The molecule has 2 aliphatic rings. The fourth-order valence-corrected chi connectivity index (χ4v) is 3.17. The fraction of sp³-hybridized carbons (Fsp3) is 0.579. The summed E-state index contributed by atoms with van der Waals surface area (Å²) >= 11 is 0. The molecule has 1 aromatic rings. The molecule has 1 aromatic carbocycles. The Morgan fingerprint density at radius 1 is 1.15 bits per heavy atom. The lowest BCUT2D eigenvalue weighted by atomic mass is 10.2. The zero-order valence-corrected chi connectivity index (χ0v) is 16.2.